The van der Waals surface area contributed by atoms with Crippen LogP contribution in [0.2, 0.25) is 0 Å². The van der Waals surface area contributed by atoms with Crippen LogP contribution in [0.4, 0.5) is 10.7 Å². The third-order valence-electron chi connectivity index (χ3n) is 2.86. The van der Waals surface area contributed by atoms with Crippen LogP contribution in [0, 0.1) is 10.1 Å². The number of nitrogen functional groups attached to an aromatic ring is 1. The smallest absolute Gasteiger partial charge is 0.408 e. The van der Waals surface area contributed by atoms with E-state index in [1.165, 1.54) is 22.8 Å². The maximum absolute atomic E-state index is 11.9. The summed E-state index contributed by atoms with van der Waals surface area (Å²) in [5.74, 6) is 4.68. The number of aromatic nitrogens is 3. The zero-order valence-electron chi connectivity index (χ0n) is 10.3. The highest BCUT2D eigenvalue weighted by atomic mass is 32.1. The van der Waals surface area contributed by atoms with Crippen LogP contribution < -0.4 is 17.0 Å². The van der Waals surface area contributed by atoms with Crippen LogP contribution in [0.15, 0.2) is 27.4 Å². The van der Waals surface area contributed by atoms with Gasteiger partial charge in [0.05, 0.1) is 17.0 Å². The van der Waals surface area contributed by atoms with Crippen LogP contribution >= 0.6 is 11.5 Å². The van der Waals surface area contributed by atoms with Crippen molar-refractivity contribution < 1.29 is 9.34 Å². The van der Waals surface area contributed by atoms with Gasteiger partial charge in [0.25, 0.3) is 5.69 Å². The Bertz CT molecular complexity index is 881. The van der Waals surface area contributed by atoms with Crippen molar-refractivity contribution in [3.63, 3.8) is 0 Å². The second-order valence-electron chi connectivity index (χ2n) is 4.06. The van der Waals surface area contributed by atoms with Gasteiger partial charge in [-0.1, -0.05) is 4.49 Å². The molecule has 3 aromatic rings. The van der Waals surface area contributed by atoms with E-state index in [0.717, 1.165) is 11.5 Å². The van der Waals surface area contributed by atoms with Gasteiger partial charge < -0.3 is 9.84 Å². The molecule has 0 aliphatic rings. The Labute approximate surface area is 120 Å². The highest BCUT2D eigenvalue weighted by Gasteiger charge is 2.17. The molecule has 0 bridgehead atoms. The van der Waals surface area contributed by atoms with Crippen molar-refractivity contribution in [1.82, 2.24) is 14.2 Å². The van der Waals surface area contributed by atoms with Crippen molar-refractivity contribution in [1.29, 1.82) is 0 Å². The molecule has 21 heavy (non-hydrogen) atoms. The van der Waals surface area contributed by atoms with E-state index in [4.69, 9.17) is 10.3 Å². The van der Waals surface area contributed by atoms with Crippen molar-refractivity contribution in [2.45, 2.75) is 6.54 Å². The molecule has 0 spiro atoms. The summed E-state index contributed by atoms with van der Waals surface area (Å²) in [5.41, 5.74) is 3.30. The van der Waals surface area contributed by atoms with Gasteiger partial charge >= 0.3 is 5.76 Å². The number of oxazole rings is 1. The summed E-state index contributed by atoms with van der Waals surface area (Å²) in [6.07, 6.45) is 0. The minimum atomic E-state index is -0.638. The van der Waals surface area contributed by atoms with Gasteiger partial charge in [0.1, 0.15) is 10.7 Å². The minimum absolute atomic E-state index is 0.0447. The van der Waals surface area contributed by atoms with E-state index < -0.39 is 10.7 Å². The summed E-state index contributed by atoms with van der Waals surface area (Å²) in [5, 5.41) is 15.2. The Hall–Kier alpha value is -2.79. The number of nitrogens with zero attached hydrogens (tertiary/aromatic N) is 4. The number of benzene rings is 1. The Morgan fingerprint density at radius 3 is 3.05 bits per heavy atom. The minimum Gasteiger partial charge on any atom is -0.408 e. The van der Waals surface area contributed by atoms with E-state index in [1.54, 1.807) is 0 Å². The second kappa shape index (κ2) is 4.96. The molecule has 108 valence electrons. The summed E-state index contributed by atoms with van der Waals surface area (Å²) in [6, 6.07) is 3.93. The summed E-state index contributed by atoms with van der Waals surface area (Å²) >= 11 is 1.04. The quantitative estimate of drug-likeness (QED) is 0.407. The lowest BCUT2D eigenvalue weighted by molar-refractivity contribution is -0.384. The first-order valence-corrected chi connectivity index (χ1v) is 6.43. The fourth-order valence-corrected chi connectivity index (χ4v) is 2.37. The van der Waals surface area contributed by atoms with Crippen LogP contribution in [-0.2, 0) is 6.54 Å². The number of non-ortho nitro benzene ring substituents is 1. The van der Waals surface area contributed by atoms with E-state index in [1.807, 2.05) is 0 Å². The Balaban J connectivity index is 2.13. The number of rotatable bonds is 4. The topological polar surface area (TPSA) is 142 Å². The van der Waals surface area contributed by atoms with Gasteiger partial charge in [-0.05, 0) is 6.07 Å². The van der Waals surface area contributed by atoms with Gasteiger partial charge in [-0.15, -0.1) is 5.10 Å². The van der Waals surface area contributed by atoms with Crippen LogP contribution in [0.1, 0.15) is 5.69 Å². The standard InChI is InChI=1S/C10H8N6O4S/c11-12-9-6(13-14-21-9)4-15-7-3-5(16(18)19)1-2-8(7)20-10(15)17/h1-3,12H,4,11H2. The SMILES string of the molecule is NNc1snnc1Cn1c(=O)oc2ccc([N+](=O)[O-])cc21. The van der Waals surface area contributed by atoms with E-state index in [0.29, 0.717) is 16.2 Å². The summed E-state index contributed by atoms with van der Waals surface area (Å²) < 4.78 is 10.0. The molecule has 0 aliphatic heterocycles. The van der Waals surface area contributed by atoms with Gasteiger partial charge in [0, 0.05) is 23.7 Å². The number of hydrogen-bond acceptors (Lipinski definition) is 9. The maximum Gasteiger partial charge on any atom is 0.420 e. The fourth-order valence-electron chi connectivity index (χ4n) is 1.89. The van der Waals surface area contributed by atoms with E-state index >= 15 is 0 Å². The van der Waals surface area contributed by atoms with Crippen molar-refractivity contribution in [2.75, 3.05) is 5.43 Å². The lowest BCUT2D eigenvalue weighted by Gasteiger charge is -2.01. The number of nitro benzene ring substituents is 1. The molecule has 0 saturated heterocycles. The van der Waals surface area contributed by atoms with Gasteiger partial charge in [-0.2, -0.15) is 0 Å². The normalized spacial score (nSPS) is 10.9. The van der Waals surface area contributed by atoms with Gasteiger partial charge in [-0.25, -0.2) is 10.6 Å². The maximum atomic E-state index is 11.9. The molecular formula is C10H8N6O4S. The number of nitrogens with two attached hydrogens (primary N) is 1. The summed E-state index contributed by atoms with van der Waals surface area (Å²) in [7, 11) is 0. The van der Waals surface area contributed by atoms with Crippen molar-refractivity contribution in [3.05, 3.63) is 44.6 Å². The summed E-state index contributed by atoms with van der Waals surface area (Å²) in [6.45, 7) is 0.0447. The first-order chi connectivity index (χ1) is 10.1. The monoisotopic (exact) mass is 308 g/mol. The molecule has 3 rings (SSSR count). The molecule has 0 radical (unpaired) electrons. The van der Waals surface area contributed by atoms with Crippen LogP contribution in [-0.4, -0.2) is 19.1 Å². The molecule has 0 unspecified atom stereocenters. The van der Waals surface area contributed by atoms with E-state index in [9.17, 15) is 14.9 Å². The third kappa shape index (κ3) is 2.23. The zero-order chi connectivity index (χ0) is 15.0. The molecule has 0 amide bonds. The molecule has 1 aromatic carbocycles. The molecule has 0 atom stereocenters. The number of nitrogens with one attached hydrogen (secondary N) is 1. The average molecular weight is 308 g/mol. The Morgan fingerprint density at radius 2 is 2.33 bits per heavy atom. The molecule has 0 aliphatic carbocycles. The molecule has 11 heteroatoms. The van der Waals surface area contributed by atoms with E-state index in [-0.39, 0.29) is 17.8 Å². The van der Waals surface area contributed by atoms with Crippen LogP contribution in [0.25, 0.3) is 11.1 Å². The largest absolute Gasteiger partial charge is 0.420 e. The van der Waals surface area contributed by atoms with Crippen molar-refractivity contribution in [2.24, 2.45) is 5.84 Å². The molecule has 0 fully saturated rings. The van der Waals surface area contributed by atoms with Crippen molar-refractivity contribution in [3.8, 4) is 0 Å². The lowest BCUT2D eigenvalue weighted by Crippen LogP contribution is -2.17. The number of anilines is 1. The Kier molecular flexibility index (Phi) is 3.12. The highest BCUT2D eigenvalue weighted by molar-refractivity contribution is 7.10. The van der Waals surface area contributed by atoms with Gasteiger partial charge in [0.2, 0.25) is 0 Å². The predicted octanol–water partition coefficient (Wildman–Crippen LogP) is 0.688. The predicted molar refractivity (Wildman–Crippen MR) is 73.9 cm³/mol. The average Bonchev–Trinajstić information content (AvgIpc) is 3.03. The van der Waals surface area contributed by atoms with Crippen LogP contribution in [0.5, 0.6) is 0 Å². The molecule has 10 nitrogen and oxygen atoms in total. The van der Waals surface area contributed by atoms with Gasteiger partial charge in [-0.3, -0.25) is 14.7 Å². The molecule has 0 saturated carbocycles. The number of hydrazine groups is 1. The number of hydrogen-bond donors (Lipinski definition) is 2. The second-order valence-corrected chi connectivity index (χ2v) is 4.81. The fraction of sp³-hybridized carbons (Fsp3) is 0.100. The highest BCUT2D eigenvalue weighted by Crippen LogP contribution is 2.22. The molecular weight excluding hydrogens is 300 g/mol. The first-order valence-electron chi connectivity index (χ1n) is 5.66. The molecule has 3 N–H and O–H groups in total. The van der Waals surface area contributed by atoms with Gasteiger partial charge in [0.15, 0.2) is 5.58 Å². The van der Waals surface area contributed by atoms with Crippen molar-refractivity contribution >= 4 is 33.3 Å². The number of nitro groups is 1. The first kappa shape index (κ1) is 13.2. The lowest BCUT2D eigenvalue weighted by atomic mass is 10.3. The number of fused-ring (bicyclic) bond motifs is 1. The molecule has 2 aromatic heterocycles. The van der Waals surface area contributed by atoms with Crippen LogP contribution in [0.3, 0.4) is 0 Å². The molecule has 2 heterocycles. The third-order valence-corrected chi connectivity index (χ3v) is 3.56. The Morgan fingerprint density at radius 1 is 1.52 bits per heavy atom. The summed E-state index contributed by atoms with van der Waals surface area (Å²) in [4.78, 5) is 22.2. The van der Waals surface area contributed by atoms with E-state index in [2.05, 4.69) is 15.0 Å². The zero-order valence-corrected chi connectivity index (χ0v) is 11.2.